The molecule has 0 aromatic carbocycles. The Balaban J connectivity index is 1.92. The van der Waals surface area contributed by atoms with Gasteiger partial charge in [0.2, 0.25) is 5.91 Å². The number of amides is 1. The van der Waals surface area contributed by atoms with Gasteiger partial charge in [0, 0.05) is 18.6 Å². The van der Waals surface area contributed by atoms with Crippen molar-refractivity contribution in [2.45, 2.75) is 70.5 Å². The molecule has 1 saturated heterocycles. The SMILES string of the molecule is CC1CCCN(C(C)C(=O)NC2CCCC2)C1CN. The zero-order valence-corrected chi connectivity index (χ0v) is 12.4. The van der Waals surface area contributed by atoms with Gasteiger partial charge < -0.3 is 11.1 Å². The highest BCUT2D eigenvalue weighted by Crippen LogP contribution is 2.25. The number of likely N-dealkylation sites (tertiary alicyclic amines) is 1. The molecule has 2 fully saturated rings. The van der Waals surface area contributed by atoms with Gasteiger partial charge in [0.1, 0.15) is 0 Å². The number of rotatable bonds is 4. The molecule has 0 spiro atoms. The Labute approximate surface area is 117 Å². The summed E-state index contributed by atoms with van der Waals surface area (Å²) in [5.74, 6) is 0.792. The molecule has 1 amide bonds. The van der Waals surface area contributed by atoms with E-state index < -0.39 is 0 Å². The van der Waals surface area contributed by atoms with Gasteiger partial charge in [-0.15, -0.1) is 0 Å². The molecule has 3 N–H and O–H groups in total. The number of nitrogens with one attached hydrogen (secondary N) is 1. The molecule has 2 aliphatic rings. The molecule has 0 bridgehead atoms. The maximum atomic E-state index is 12.4. The summed E-state index contributed by atoms with van der Waals surface area (Å²) in [6, 6.07) is 0.725. The molecule has 1 heterocycles. The van der Waals surface area contributed by atoms with Gasteiger partial charge in [-0.2, -0.15) is 0 Å². The highest BCUT2D eigenvalue weighted by Gasteiger charge is 2.34. The first kappa shape index (κ1) is 14.8. The molecule has 4 heteroatoms. The van der Waals surface area contributed by atoms with Crippen molar-refractivity contribution >= 4 is 5.91 Å². The molecule has 3 atom stereocenters. The highest BCUT2D eigenvalue weighted by molar-refractivity contribution is 5.81. The van der Waals surface area contributed by atoms with Crippen LogP contribution < -0.4 is 11.1 Å². The monoisotopic (exact) mass is 267 g/mol. The smallest absolute Gasteiger partial charge is 0.237 e. The summed E-state index contributed by atoms with van der Waals surface area (Å²) in [7, 11) is 0. The molecule has 0 aromatic heterocycles. The van der Waals surface area contributed by atoms with E-state index in [1.54, 1.807) is 0 Å². The largest absolute Gasteiger partial charge is 0.352 e. The molecular weight excluding hydrogens is 238 g/mol. The fourth-order valence-electron chi connectivity index (χ4n) is 3.67. The predicted molar refractivity (Wildman–Crippen MR) is 77.8 cm³/mol. The molecule has 2 rings (SSSR count). The van der Waals surface area contributed by atoms with Crippen LogP contribution >= 0.6 is 0 Å². The van der Waals surface area contributed by atoms with Crippen molar-refractivity contribution in [1.82, 2.24) is 10.2 Å². The third kappa shape index (κ3) is 3.48. The first-order valence-electron chi connectivity index (χ1n) is 7.89. The van der Waals surface area contributed by atoms with Gasteiger partial charge in [-0.3, -0.25) is 9.69 Å². The maximum absolute atomic E-state index is 12.4. The van der Waals surface area contributed by atoms with Gasteiger partial charge in [0.25, 0.3) is 0 Å². The first-order chi connectivity index (χ1) is 9.13. The van der Waals surface area contributed by atoms with E-state index in [2.05, 4.69) is 17.1 Å². The zero-order chi connectivity index (χ0) is 13.8. The normalized spacial score (nSPS) is 31.3. The Kier molecular flexibility index (Phi) is 5.22. The Morgan fingerprint density at radius 1 is 1.32 bits per heavy atom. The summed E-state index contributed by atoms with van der Waals surface area (Å²) in [5.41, 5.74) is 5.91. The Morgan fingerprint density at radius 3 is 2.63 bits per heavy atom. The fourth-order valence-corrected chi connectivity index (χ4v) is 3.67. The van der Waals surface area contributed by atoms with Crippen LogP contribution in [0.15, 0.2) is 0 Å². The molecule has 110 valence electrons. The number of hydrogen-bond acceptors (Lipinski definition) is 3. The molecule has 0 radical (unpaired) electrons. The van der Waals surface area contributed by atoms with Crippen LogP contribution in [0.25, 0.3) is 0 Å². The van der Waals surface area contributed by atoms with E-state index in [9.17, 15) is 4.79 Å². The van der Waals surface area contributed by atoms with Crippen LogP contribution in [0.5, 0.6) is 0 Å². The van der Waals surface area contributed by atoms with Crippen LogP contribution in [-0.4, -0.2) is 42.0 Å². The summed E-state index contributed by atoms with van der Waals surface area (Å²) in [4.78, 5) is 14.7. The van der Waals surface area contributed by atoms with Gasteiger partial charge >= 0.3 is 0 Å². The van der Waals surface area contributed by atoms with Crippen molar-refractivity contribution in [3.63, 3.8) is 0 Å². The quantitative estimate of drug-likeness (QED) is 0.811. The van der Waals surface area contributed by atoms with E-state index in [-0.39, 0.29) is 11.9 Å². The van der Waals surface area contributed by atoms with E-state index in [4.69, 9.17) is 5.73 Å². The van der Waals surface area contributed by atoms with Gasteiger partial charge in [-0.1, -0.05) is 19.8 Å². The molecule has 3 unspecified atom stereocenters. The van der Waals surface area contributed by atoms with Crippen molar-refractivity contribution in [2.75, 3.05) is 13.1 Å². The third-order valence-electron chi connectivity index (χ3n) is 4.98. The summed E-state index contributed by atoms with van der Waals surface area (Å²) in [5, 5.41) is 3.21. The third-order valence-corrected chi connectivity index (χ3v) is 4.98. The first-order valence-corrected chi connectivity index (χ1v) is 7.89. The number of piperidine rings is 1. The molecule has 19 heavy (non-hydrogen) atoms. The van der Waals surface area contributed by atoms with E-state index in [0.29, 0.717) is 24.5 Å². The van der Waals surface area contributed by atoms with Crippen LogP contribution in [0.3, 0.4) is 0 Å². The lowest BCUT2D eigenvalue weighted by atomic mass is 9.89. The molecule has 1 aliphatic carbocycles. The number of nitrogens with zero attached hydrogens (tertiary/aromatic N) is 1. The second kappa shape index (κ2) is 6.71. The van der Waals surface area contributed by atoms with Crippen LogP contribution in [-0.2, 0) is 4.79 Å². The molecule has 4 nitrogen and oxygen atoms in total. The van der Waals surface area contributed by atoms with E-state index in [0.717, 1.165) is 19.4 Å². The number of hydrogen-bond donors (Lipinski definition) is 2. The van der Waals surface area contributed by atoms with Crippen LogP contribution in [0, 0.1) is 5.92 Å². The number of carbonyl (C=O) groups excluding carboxylic acids is 1. The summed E-state index contributed by atoms with van der Waals surface area (Å²) < 4.78 is 0. The lowest BCUT2D eigenvalue weighted by Gasteiger charge is -2.42. The molecule has 1 saturated carbocycles. The Morgan fingerprint density at radius 2 is 2.00 bits per heavy atom. The van der Waals surface area contributed by atoms with Crippen LogP contribution in [0.2, 0.25) is 0 Å². The second-order valence-corrected chi connectivity index (χ2v) is 6.33. The minimum absolute atomic E-state index is 0.0445. The summed E-state index contributed by atoms with van der Waals surface area (Å²) >= 11 is 0. The van der Waals surface area contributed by atoms with Crippen molar-refractivity contribution < 1.29 is 4.79 Å². The van der Waals surface area contributed by atoms with Crippen molar-refractivity contribution in [1.29, 1.82) is 0 Å². The lowest BCUT2D eigenvalue weighted by Crippen LogP contribution is -2.57. The lowest BCUT2D eigenvalue weighted by molar-refractivity contribution is -0.128. The fraction of sp³-hybridized carbons (Fsp3) is 0.933. The van der Waals surface area contributed by atoms with E-state index in [1.165, 1.54) is 25.7 Å². The Bertz CT molecular complexity index is 302. The molecule has 1 aliphatic heterocycles. The standard InChI is InChI=1S/C15H29N3O/c1-11-6-5-9-18(14(11)10-16)12(2)15(19)17-13-7-3-4-8-13/h11-14H,3-10,16H2,1-2H3,(H,17,19). The van der Waals surface area contributed by atoms with Crippen LogP contribution in [0.1, 0.15) is 52.4 Å². The minimum atomic E-state index is -0.0445. The topological polar surface area (TPSA) is 58.4 Å². The van der Waals surface area contributed by atoms with Gasteiger partial charge in [-0.25, -0.2) is 0 Å². The molecule has 0 aromatic rings. The van der Waals surface area contributed by atoms with Crippen molar-refractivity contribution in [3.05, 3.63) is 0 Å². The number of carbonyl (C=O) groups is 1. The van der Waals surface area contributed by atoms with Crippen LogP contribution in [0.4, 0.5) is 0 Å². The highest BCUT2D eigenvalue weighted by atomic mass is 16.2. The van der Waals surface area contributed by atoms with E-state index >= 15 is 0 Å². The minimum Gasteiger partial charge on any atom is -0.352 e. The zero-order valence-electron chi connectivity index (χ0n) is 12.4. The average molecular weight is 267 g/mol. The maximum Gasteiger partial charge on any atom is 0.237 e. The van der Waals surface area contributed by atoms with Gasteiger partial charge in [-0.05, 0) is 45.1 Å². The Hall–Kier alpha value is -0.610. The molecular formula is C15H29N3O. The average Bonchev–Trinajstić information content (AvgIpc) is 2.90. The van der Waals surface area contributed by atoms with Gasteiger partial charge in [0.15, 0.2) is 0 Å². The number of nitrogens with two attached hydrogens (primary N) is 1. The summed E-state index contributed by atoms with van der Waals surface area (Å²) in [6.07, 6.45) is 7.22. The van der Waals surface area contributed by atoms with E-state index in [1.807, 2.05) is 6.92 Å². The van der Waals surface area contributed by atoms with Gasteiger partial charge in [0.05, 0.1) is 6.04 Å². The summed E-state index contributed by atoms with van der Waals surface area (Å²) in [6.45, 7) is 5.95. The predicted octanol–water partition coefficient (Wildman–Crippen LogP) is 1.49. The van der Waals surface area contributed by atoms with Crippen molar-refractivity contribution in [2.24, 2.45) is 11.7 Å². The van der Waals surface area contributed by atoms with Crippen molar-refractivity contribution in [3.8, 4) is 0 Å². The second-order valence-electron chi connectivity index (χ2n) is 6.33.